The first-order chi connectivity index (χ1) is 14.2. The zero-order valence-electron chi connectivity index (χ0n) is 15.8. The molecule has 2 N–H and O–H groups in total. The minimum atomic E-state index is -0.177. The Balaban J connectivity index is 1.49. The van der Waals surface area contributed by atoms with Crippen LogP contribution in [0.1, 0.15) is 29.6 Å². The highest BCUT2D eigenvalue weighted by atomic mass is 33.1. The molecule has 0 unspecified atom stereocenters. The smallest absolute Gasteiger partial charge is 0.251 e. The standard InChI is InChI=1S/C19H22N6O2S2/c20-25-24-16-8-6-15(7-9-16)19(27)23-13-4-3-11-21-17(26)10-14-28-29-18-5-1-2-12-22-18/h1-2,5-9,12H,3-4,10-11,13-14H2,(H,21,26)(H,23,27). The van der Waals surface area contributed by atoms with Crippen molar-refractivity contribution in [3.8, 4) is 0 Å². The topological polar surface area (TPSA) is 120 Å². The Bertz CT molecular complexity index is 826. The van der Waals surface area contributed by atoms with Crippen LogP contribution in [-0.2, 0) is 4.79 Å². The molecule has 2 amide bonds. The van der Waals surface area contributed by atoms with Crippen molar-refractivity contribution in [3.05, 3.63) is 64.7 Å². The zero-order valence-corrected chi connectivity index (χ0v) is 17.4. The van der Waals surface area contributed by atoms with Gasteiger partial charge in [0.25, 0.3) is 5.91 Å². The van der Waals surface area contributed by atoms with E-state index >= 15 is 0 Å². The fourth-order valence-corrected chi connectivity index (χ4v) is 4.10. The third-order valence-corrected chi connectivity index (χ3v) is 5.96. The van der Waals surface area contributed by atoms with Crippen molar-refractivity contribution in [3.63, 3.8) is 0 Å². The van der Waals surface area contributed by atoms with Crippen molar-refractivity contribution < 1.29 is 9.59 Å². The molecule has 0 aliphatic rings. The van der Waals surface area contributed by atoms with Gasteiger partial charge < -0.3 is 10.6 Å². The molecule has 1 aromatic heterocycles. The van der Waals surface area contributed by atoms with Crippen molar-refractivity contribution >= 4 is 39.1 Å². The number of benzene rings is 1. The predicted octanol–water partition coefficient (Wildman–Crippen LogP) is 4.48. The van der Waals surface area contributed by atoms with Crippen LogP contribution in [0.15, 0.2) is 58.8 Å². The molecule has 0 radical (unpaired) electrons. The van der Waals surface area contributed by atoms with Crippen molar-refractivity contribution in [1.29, 1.82) is 0 Å². The third kappa shape index (κ3) is 9.38. The summed E-state index contributed by atoms with van der Waals surface area (Å²) >= 11 is 0. The van der Waals surface area contributed by atoms with E-state index in [2.05, 4.69) is 25.6 Å². The number of pyridine rings is 1. The maximum atomic E-state index is 12.0. The molecule has 0 spiro atoms. The van der Waals surface area contributed by atoms with Crippen LogP contribution >= 0.6 is 21.6 Å². The highest BCUT2D eigenvalue weighted by Crippen LogP contribution is 2.29. The van der Waals surface area contributed by atoms with Crippen LogP contribution in [0, 0.1) is 0 Å². The molecule has 8 nitrogen and oxygen atoms in total. The quantitative estimate of drug-likeness (QED) is 0.169. The number of nitrogens with one attached hydrogen (secondary N) is 2. The molecule has 2 aromatic rings. The van der Waals surface area contributed by atoms with Crippen LogP contribution in [-0.4, -0.2) is 35.6 Å². The molecule has 29 heavy (non-hydrogen) atoms. The molecule has 0 aliphatic heterocycles. The normalized spacial score (nSPS) is 10.1. The number of nitrogens with zero attached hydrogens (tertiary/aromatic N) is 4. The summed E-state index contributed by atoms with van der Waals surface area (Å²) in [6, 6.07) is 12.2. The van der Waals surface area contributed by atoms with Crippen LogP contribution in [0.5, 0.6) is 0 Å². The van der Waals surface area contributed by atoms with Crippen molar-refractivity contribution in [2.45, 2.75) is 24.3 Å². The number of aromatic nitrogens is 1. The van der Waals surface area contributed by atoms with Crippen molar-refractivity contribution in [2.75, 3.05) is 18.8 Å². The number of rotatable bonds is 12. The van der Waals surface area contributed by atoms with Gasteiger partial charge in [0, 0.05) is 47.6 Å². The summed E-state index contributed by atoms with van der Waals surface area (Å²) in [5, 5.41) is 10.1. The Hall–Kier alpha value is -2.68. The van der Waals surface area contributed by atoms with Gasteiger partial charge in [-0.25, -0.2) is 4.98 Å². The van der Waals surface area contributed by atoms with Crippen LogP contribution in [0.25, 0.3) is 10.4 Å². The highest BCUT2D eigenvalue weighted by Gasteiger charge is 2.05. The number of amides is 2. The van der Waals surface area contributed by atoms with Gasteiger partial charge in [-0.3, -0.25) is 9.59 Å². The fraction of sp³-hybridized carbons (Fsp3) is 0.316. The Morgan fingerprint density at radius 1 is 1.07 bits per heavy atom. The molecule has 2 rings (SSSR count). The molecule has 0 atom stereocenters. The predicted molar refractivity (Wildman–Crippen MR) is 117 cm³/mol. The summed E-state index contributed by atoms with van der Waals surface area (Å²) in [7, 11) is 3.17. The first kappa shape index (κ1) is 22.6. The molecule has 10 heteroatoms. The van der Waals surface area contributed by atoms with Crippen molar-refractivity contribution in [1.82, 2.24) is 15.6 Å². The molecule has 0 saturated heterocycles. The van der Waals surface area contributed by atoms with Gasteiger partial charge in [-0.2, -0.15) is 0 Å². The third-order valence-electron chi connectivity index (χ3n) is 3.70. The van der Waals surface area contributed by atoms with Gasteiger partial charge in [-0.1, -0.05) is 34.1 Å². The van der Waals surface area contributed by atoms with Gasteiger partial charge in [0.1, 0.15) is 5.03 Å². The van der Waals surface area contributed by atoms with Crippen LogP contribution in [0.3, 0.4) is 0 Å². The minimum Gasteiger partial charge on any atom is -0.356 e. The lowest BCUT2D eigenvalue weighted by molar-refractivity contribution is -0.120. The summed E-state index contributed by atoms with van der Waals surface area (Å²) in [4.78, 5) is 30.7. The lowest BCUT2D eigenvalue weighted by Crippen LogP contribution is -2.27. The number of hydrogen-bond acceptors (Lipinski definition) is 6. The highest BCUT2D eigenvalue weighted by molar-refractivity contribution is 8.76. The lowest BCUT2D eigenvalue weighted by Gasteiger charge is -2.07. The van der Waals surface area contributed by atoms with Crippen molar-refractivity contribution in [2.24, 2.45) is 5.11 Å². The van der Waals surface area contributed by atoms with E-state index in [9.17, 15) is 9.59 Å². The van der Waals surface area contributed by atoms with E-state index < -0.39 is 0 Å². The van der Waals surface area contributed by atoms with Gasteiger partial charge in [0.05, 0.1) is 0 Å². The van der Waals surface area contributed by atoms with Gasteiger partial charge in [0.15, 0.2) is 0 Å². The van der Waals surface area contributed by atoms with E-state index in [1.54, 1.807) is 52.1 Å². The molecule has 0 bridgehead atoms. The Morgan fingerprint density at radius 3 is 2.52 bits per heavy atom. The van der Waals surface area contributed by atoms with Gasteiger partial charge in [-0.15, -0.1) is 0 Å². The van der Waals surface area contributed by atoms with Crippen LogP contribution < -0.4 is 10.6 Å². The van der Waals surface area contributed by atoms with Gasteiger partial charge in [0.2, 0.25) is 5.91 Å². The summed E-state index contributed by atoms with van der Waals surface area (Å²) < 4.78 is 0. The number of azide groups is 1. The second-order valence-corrected chi connectivity index (χ2v) is 8.31. The van der Waals surface area contributed by atoms with E-state index in [1.165, 1.54) is 0 Å². The van der Waals surface area contributed by atoms with Gasteiger partial charge >= 0.3 is 0 Å². The fourth-order valence-electron chi connectivity index (χ4n) is 2.23. The summed E-state index contributed by atoms with van der Waals surface area (Å²) in [5.74, 6) is 0.578. The van der Waals surface area contributed by atoms with E-state index in [4.69, 9.17) is 5.53 Å². The van der Waals surface area contributed by atoms with E-state index in [0.29, 0.717) is 30.8 Å². The van der Waals surface area contributed by atoms with E-state index in [0.717, 1.165) is 23.6 Å². The zero-order chi connectivity index (χ0) is 20.7. The van der Waals surface area contributed by atoms with E-state index in [-0.39, 0.29) is 11.8 Å². The minimum absolute atomic E-state index is 0.0308. The molecule has 1 aromatic carbocycles. The first-order valence-corrected chi connectivity index (χ1v) is 11.4. The van der Waals surface area contributed by atoms with Crippen LogP contribution in [0.4, 0.5) is 5.69 Å². The molecule has 0 aliphatic carbocycles. The lowest BCUT2D eigenvalue weighted by atomic mass is 10.2. The Labute approximate surface area is 177 Å². The molecule has 0 fully saturated rings. The average Bonchev–Trinajstić information content (AvgIpc) is 2.75. The maximum absolute atomic E-state index is 12.0. The Kier molecular flexibility index (Phi) is 10.5. The average molecular weight is 431 g/mol. The number of hydrogen-bond donors (Lipinski definition) is 2. The second-order valence-electron chi connectivity index (χ2n) is 5.87. The summed E-state index contributed by atoms with van der Waals surface area (Å²) in [6.45, 7) is 1.12. The first-order valence-electron chi connectivity index (χ1n) is 9.09. The molecule has 152 valence electrons. The summed E-state index contributed by atoms with van der Waals surface area (Å²) in [6.07, 6.45) is 3.78. The van der Waals surface area contributed by atoms with Gasteiger partial charge in [-0.05, 0) is 53.4 Å². The summed E-state index contributed by atoms with van der Waals surface area (Å²) in [5.41, 5.74) is 9.34. The molecule has 0 saturated carbocycles. The maximum Gasteiger partial charge on any atom is 0.251 e. The number of carbonyl (C=O) groups is 2. The Morgan fingerprint density at radius 2 is 1.83 bits per heavy atom. The number of unbranched alkanes of at least 4 members (excludes halogenated alkanes) is 1. The molecular weight excluding hydrogens is 408 g/mol. The monoisotopic (exact) mass is 430 g/mol. The van der Waals surface area contributed by atoms with Crippen LogP contribution in [0.2, 0.25) is 0 Å². The van der Waals surface area contributed by atoms with E-state index in [1.807, 2.05) is 18.2 Å². The molecule has 1 heterocycles. The number of carbonyl (C=O) groups excluding carboxylic acids is 2. The second kappa shape index (κ2) is 13.5. The molecular formula is C19H22N6O2S2. The SMILES string of the molecule is [N-]=[N+]=Nc1ccc(C(=O)NCCCCNC(=O)CCSSc2ccccn2)cc1. The largest absolute Gasteiger partial charge is 0.356 e.